The smallest absolute Gasteiger partial charge is 0.363 e. The van der Waals surface area contributed by atoms with E-state index in [1.165, 1.54) is 12.1 Å². The van der Waals surface area contributed by atoms with Gasteiger partial charge >= 0.3 is 11.9 Å². The molecule has 0 saturated carbocycles. The van der Waals surface area contributed by atoms with Gasteiger partial charge in [-0.05, 0) is 64.6 Å². The average Bonchev–Trinajstić information content (AvgIpc) is 3.81. The number of hydrogen-bond donors (Lipinski definition) is 3. The number of amides is 4. The number of aliphatic hydroxyl groups is 1. The summed E-state index contributed by atoms with van der Waals surface area (Å²) in [6.07, 6.45) is 0.430. The van der Waals surface area contributed by atoms with Gasteiger partial charge in [0, 0.05) is 52.5 Å². The Morgan fingerprint density at radius 3 is 1.15 bits per heavy atom. The zero-order valence-electron chi connectivity index (χ0n) is 34.7. The lowest BCUT2D eigenvalue weighted by Gasteiger charge is -2.32. The summed E-state index contributed by atoms with van der Waals surface area (Å²) in [5.74, 6) is -3.72. The molecular weight excluding hydrogens is 896 g/mol. The van der Waals surface area contributed by atoms with E-state index >= 15 is 0 Å². The van der Waals surface area contributed by atoms with Gasteiger partial charge in [0.1, 0.15) is 5.60 Å². The summed E-state index contributed by atoms with van der Waals surface area (Å²) in [6, 6.07) is 52.4. The number of hydrogen-bond acceptors (Lipinski definition) is 10. The van der Waals surface area contributed by atoms with E-state index < -0.39 is 55.8 Å². The molecule has 2 aliphatic heterocycles. The molecule has 0 aromatic heterocycles. The fourth-order valence-electron chi connectivity index (χ4n) is 7.05. The number of carbonyl (C=O) groups excluding carboxylic acids is 5. The van der Waals surface area contributed by atoms with Crippen LogP contribution in [0.5, 0.6) is 0 Å². The molecular formula is C49H42Cl2N2O11S. The van der Waals surface area contributed by atoms with E-state index in [-0.39, 0.29) is 41.9 Å². The number of carbonyl (C=O) groups is 6. The van der Waals surface area contributed by atoms with Gasteiger partial charge in [-0.2, -0.15) is 5.06 Å². The minimum atomic E-state index is -1.67. The molecule has 2 saturated heterocycles. The maximum Gasteiger partial charge on any atom is 0.363 e. The zero-order chi connectivity index (χ0) is 47.1. The number of carboxylic acid groups (broad SMARTS) is 1. The number of nitrogens with zero attached hydrogens (tertiary/aromatic N) is 2. The van der Waals surface area contributed by atoms with Crippen LogP contribution in [0.3, 0.4) is 0 Å². The van der Waals surface area contributed by atoms with Gasteiger partial charge in [-0.15, -0.1) is 5.06 Å². The van der Waals surface area contributed by atoms with Crippen molar-refractivity contribution < 1.29 is 53.2 Å². The van der Waals surface area contributed by atoms with Crippen LogP contribution in [0.2, 0.25) is 0 Å². The van der Waals surface area contributed by atoms with Gasteiger partial charge in [0.25, 0.3) is 23.6 Å². The third kappa shape index (κ3) is 12.3. The molecule has 2 heterocycles. The summed E-state index contributed by atoms with van der Waals surface area (Å²) in [5.41, 5.74) is 4.05. The fourth-order valence-corrected chi connectivity index (χ4v) is 7.05. The third-order valence-corrected chi connectivity index (χ3v) is 10.5. The van der Waals surface area contributed by atoms with Crippen molar-refractivity contribution in [2.45, 2.75) is 43.6 Å². The monoisotopic (exact) mass is 936 g/mol. The van der Waals surface area contributed by atoms with Gasteiger partial charge in [-0.3, -0.25) is 24.4 Å². The molecule has 4 amide bonds. The Labute approximate surface area is 385 Å². The Balaban J connectivity index is 0.000000199. The van der Waals surface area contributed by atoms with Crippen molar-refractivity contribution in [2.75, 3.05) is 0 Å². The molecule has 0 spiro atoms. The summed E-state index contributed by atoms with van der Waals surface area (Å²) in [7, 11) is 7.36. The normalized spacial score (nSPS) is 13.5. The van der Waals surface area contributed by atoms with Crippen LogP contribution in [-0.4, -0.2) is 65.3 Å². The number of carboxylic acids is 1. The second kappa shape index (κ2) is 22.7. The van der Waals surface area contributed by atoms with Gasteiger partial charge in [-0.25, -0.2) is 13.8 Å². The molecule has 0 radical (unpaired) electrons. The van der Waals surface area contributed by atoms with Gasteiger partial charge in [-0.1, -0.05) is 146 Å². The molecule has 2 fully saturated rings. The van der Waals surface area contributed by atoms with Crippen LogP contribution in [0, 0.1) is 0 Å². The largest absolute Gasteiger partial charge is 0.478 e. The Hall–Kier alpha value is -6.81. The molecule has 0 bridgehead atoms. The van der Waals surface area contributed by atoms with E-state index in [0.29, 0.717) is 10.6 Å². The SMILES string of the molecule is CC(c1ccccc1)(c1ccccc1)c1ccc(C(=O)ON2C(=O)CCC2=O)cc1.O=C(O)c1ccc(C(O)(c2ccccc2)c2ccccc2)cc1.O=C1CCC(=O)N1O.O=S(Cl)Cl. The van der Waals surface area contributed by atoms with E-state index in [1.54, 1.807) is 24.3 Å². The van der Waals surface area contributed by atoms with Crippen molar-refractivity contribution in [1.82, 2.24) is 10.1 Å². The molecule has 16 heteroatoms. The number of aromatic carboxylic acids is 1. The van der Waals surface area contributed by atoms with E-state index in [0.717, 1.165) is 27.8 Å². The lowest BCUT2D eigenvalue weighted by molar-refractivity contribution is -0.173. The van der Waals surface area contributed by atoms with Crippen LogP contribution in [0.4, 0.5) is 0 Å². The van der Waals surface area contributed by atoms with Crippen molar-refractivity contribution in [2.24, 2.45) is 0 Å². The molecule has 8 rings (SSSR count). The van der Waals surface area contributed by atoms with Gasteiger partial charge in [0.05, 0.1) is 11.1 Å². The first-order valence-corrected chi connectivity index (χ1v) is 22.6. The quantitative estimate of drug-likeness (QED) is 0.0544. The predicted molar refractivity (Wildman–Crippen MR) is 242 cm³/mol. The molecule has 0 aliphatic carbocycles. The second-order valence-corrected chi connectivity index (χ2v) is 17.0. The number of hydroxylamine groups is 4. The molecule has 3 N–H and O–H groups in total. The minimum absolute atomic E-state index is 0.0670. The topological polar surface area (TPSA) is 196 Å². The highest BCUT2D eigenvalue weighted by Crippen LogP contribution is 2.39. The predicted octanol–water partition coefficient (Wildman–Crippen LogP) is 8.50. The fraction of sp³-hybridized carbons (Fsp3) is 0.143. The molecule has 334 valence electrons. The van der Waals surface area contributed by atoms with E-state index in [9.17, 15) is 33.9 Å². The number of halogens is 2. The van der Waals surface area contributed by atoms with Crippen LogP contribution in [0.15, 0.2) is 170 Å². The highest BCUT2D eigenvalue weighted by molar-refractivity contribution is 8.26. The Kier molecular flexibility index (Phi) is 17.2. The van der Waals surface area contributed by atoms with Crippen LogP contribution >= 0.6 is 21.4 Å². The van der Waals surface area contributed by atoms with E-state index in [4.69, 9.17) is 19.4 Å². The van der Waals surface area contributed by atoms with Crippen molar-refractivity contribution in [3.8, 4) is 0 Å². The lowest BCUT2D eigenvalue weighted by atomic mass is 9.71. The maximum absolute atomic E-state index is 12.4. The van der Waals surface area contributed by atoms with Crippen LogP contribution < -0.4 is 0 Å². The van der Waals surface area contributed by atoms with Crippen LogP contribution in [0.1, 0.15) is 86.7 Å². The zero-order valence-corrected chi connectivity index (χ0v) is 37.0. The Morgan fingerprint density at radius 2 is 0.815 bits per heavy atom. The molecule has 13 nitrogen and oxygen atoms in total. The van der Waals surface area contributed by atoms with Gasteiger partial charge < -0.3 is 15.1 Å². The highest BCUT2D eigenvalue weighted by Gasteiger charge is 2.35. The van der Waals surface area contributed by atoms with Gasteiger partial charge in [0.2, 0.25) is 9.23 Å². The standard InChI is InChI=1S/C25H21NO4.C20H16O3.C4H5NO3.Cl2OS/c1-25(19-8-4-2-5-9-19,20-10-6-3-7-11-20)21-14-12-18(13-15-21)24(29)30-26-22(27)16-17-23(26)28;21-19(22)15-11-13-18(14-12-15)20(23,16-7-3-1-4-8-16)17-9-5-2-6-10-17;6-3-1-2-4(7)5(3)8;1-4(2)3/h2-15H,16-17H2,1H3;1-14,23H,(H,21,22);8H,1-2H2;. The lowest BCUT2D eigenvalue weighted by Crippen LogP contribution is -2.32. The summed E-state index contributed by atoms with van der Waals surface area (Å²) in [5, 5.41) is 29.7. The van der Waals surface area contributed by atoms with Crippen LogP contribution in [0.25, 0.3) is 0 Å². The van der Waals surface area contributed by atoms with Gasteiger partial charge in [0.15, 0.2) is 0 Å². The molecule has 0 unspecified atom stereocenters. The summed E-state index contributed by atoms with van der Waals surface area (Å²) < 4.78 is 9.09. The summed E-state index contributed by atoms with van der Waals surface area (Å²) in [6.45, 7) is 2.15. The second-order valence-electron chi connectivity index (χ2n) is 14.5. The maximum atomic E-state index is 12.4. The molecule has 65 heavy (non-hydrogen) atoms. The average molecular weight is 938 g/mol. The third-order valence-electron chi connectivity index (χ3n) is 10.5. The molecule has 6 aromatic rings. The number of imide groups is 2. The van der Waals surface area contributed by atoms with Crippen molar-refractivity contribution in [1.29, 1.82) is 0 Å². The summed E-state index contributed by atoms with van der Waals surface area (Å²) >= 11 is 0. The first-order chi connectivity index (χ1) is 31.1. The molecule has 6 aromatic carbocycles. The molecule has 2 aliphatic rings. The van der Waals surface area contributed by atoms with Crippen molar-refractivity contribution in [3.63, 3.8) is 0 Å². The highest BCUT2D eigenvalue weighted by atomic mass is 36.0. The number of benzene rings is 6. The Morgan fingerprint density at radius 1 is 0.523 bits per heavy atom. The van der Waals surface area contributed by atoms with E-state index in [1.807, 2.05) is 109 Å². The van der Waals surface area contributed by atoms with Crippen molar-refractivity contribution in [3.05, 3.63) is 214 Å². The van der Waals surface area contributed by atoms with Crippen LogP contribution in [-0.2, 0) is 44.3 Å². The minimum Gasteiger partial charge on any atom is -0.478 e. The summed E-state index contributed by atoms with van der Waals surface area (Å²) in [4.78, 5) is 72.3. The first kappa shape index (κ1) is 49.2. The molecule has 0 atom stereocenters. The first-order valence-electron chi connectivity index (χ1n) is 19.8. The van der Waals surface area contributed by atoms with E-state index in [2.05, 4.69) is 52.6 Å². The Bertz CT molecular complexity index is 2510. The van der Waals surface area contributed by atoms with Crippen molar-refractivity contribution >= 4 is 66.2 Å². The number of rotatable bonds is 9.